The Balaban J connectivity index is 2.71. The summed E-state index contributed by atoms with van der Waals surface area (Å²) < 4.78 is 0. The quantitative estimate of drug-likeness (QED) is 0.409. The maximum Gasteiger partial charge on any atom is 0.335 e. The van der Waals surface area contributed by atoms with E-state index in [4.69, 9.17) is 10.2 Å². The van der Waals surface area contributed by atoms with Crippen molar-refractivity contribution in [2.45, 2.75) is 12.2 Å². The number of aliphatic hydroxyl groups is 2. The van der Waals surface area contributed by atoms with Gasteiger partial charge in [0.15, 0.2) is 12.2 Å². The van der Waals surface area contributed by atoms with Crippen LogP contribution >= 0.6 is 0 Å². The number of amides is 1. The molecule has 0 saturated carbocycles. The SMILES string of the molecule is O=C(Nc1ccc([N+](=O)[O-])cc1)C(O)[C@H](O)C(=O)O. The number of carboxylic acid groups (broad SMARTS) is 1. The maximum atomic E-state index is 11.4. The summed E-state index contributed by atoms with van der Waals surface area (Å²) in [5.41, 5.74) is -0.0728. The Morgan fingerprint density at radius 1 is 1.16 bits per heavy atom. The fourth-order valence-electron chi connectivity index (χ4n) is 1.16. The zero-order valence-corrected chi connectivity index (χ0v) is 9.39. The van der Waals surface area contributed by atoms with E-state index in [1.54, 1.807) is 0 Å². The average molecular weight is 270 g/mol. The van der Waals surface area contributed by atoms with Gasteiger partial charge in [-0.3, -0.25) is 14.9 Å². The van der Waals surface area contributed by atoms with E-state index in [9.17, 15) is 24.8 Å². The molecular weight excluding hydrogens is 260 g/mol. The van der Waals surface area contributed by atoms with Crippen molar-refractivity contribution in [3.8, 4) is 0 Å². The van der Waals surface area contributed by atoms with Gasteiger partial charge >= 0.3 is 5.97 Å². The standard InChI is InChI=1S/C10H10N2O7/c13-7(8(14)10(16)17)9(15)11-5-1-3-6(4-2-5)12(18)19/h1-4,7-8,13-14H,(H,11,15)(H,16,17)/t7?,8-/m0/s1. The van der Waals surface area contributed by atoms with Crippen LogP contribution in [0, 0.1) is 10.1 Å². The number of carbonyl (C=O) groups excluding carboxylic acids is 1. The lowest BCUT2D eigenvalue weighted by Crippen LogP contribution is -2.42. The second-order valence-corrected chi connectivity index (χ2v) is 3.52. The molecule has 19 heavy (non-hydrogen) atoms. The minimum absolute atomic E-state index is 0.118. The van der Waals surface area contributed by atoms with E-state index < -0.39 is 29.0 Å². The smallest absolute Gasteiger partial charge is 0.335 e. The number of carboxylic acids is 1. The summed E-state index contributed by atoms with van der Waals surface area (Å²) in [5.74, 6) is -2.88. The molecular formula is C10H10N2O7. The Hall–Kier alpha value is -2.52. The number of carbonyl (C=O) groups is 2. The molecule has 102 valence electrons. The van der Waals surface area contributed by atoms with Crippen molar-refractivity contribution in [1.82, 2.24) is 0 Å². The lowest BCUT2D eigenvalue weighted by Gasteiger charge is -2.13. The summed E-state index contributed by atoms with van der Waals surface area (Å²) in [5, 5.41) is 39.1. The van der Waals surface area contributed by atoms with Crippen molar-refractivity contribution in [1.29, 1.82) is 0 Å². The summed E-state index contributed by atoms with van der Waals surface area (Å²) >= 11 is 0. The molecule has 1 aromatic carbocycles. The molecule has 1 amide bonds. The van der Waals surface area contributed by atoms with Gasteiger partial charge in [0.2, 0.25) is 0 Å². The molecule has 0 aromatic heterocycles. The molecule has 1 unspecified atom stereocenters. The van der Waals surface area contributed by atoms with Gasteiger partial charge in [-0.05, 0) is 12.1 Å². The van der Waals surface area contributed by atoms with E-state index in [0.29, 0.717) is 0 Å². The van der Waals surface area contributed by atoms with E-state index in [1.807, 2.05) is 0 Å². The van der Waals surface area contributed by atoms with Gasteiger partial charge in [0.25, 0.3) is 11.6 Å². The molecule has 0 aliphatic rings. The number of hydrogen-bond donors (Lipinski definition) is 4. The Labute approximate surface area is 106 Å². The van der Waals surface area contributed by atoms with Gasteiger partial charge in [0.05, 0.1) is 4.92 Å². The summed E-state index contributed by atoms with van der Waals surface area (Å²) in [7, 11) is 0. The lowest BCUT2D eigenvalue weighted by molar-refractivity contribution is -0.384. The third kappa shape index (κ3) is 3.72. The van der Waals surface area contributed by atoms with Gasteiger partial charge in [-0.1, -0.05) is 0 Å². The van der Waals surface area contributed by atoms with E-state index in [-0.39, 0.29) is 11.4 Å². The first kappa shape index (κ1) is 14.5. The van der Waals surface area contributed by atoms with Crippen molar-refractivity contribution in [3.05, 3.63) is 34.4 Å². The van der Waals surface area contributed by atoms with Crippen molar-refractivity contribution in [2.24, 2.45) is 0 Å². The summed E-state index contributed by atoms with van der Waals surface area (Å²) in [6.07, 6.45) is -4.40. The van der Waals surface area contributed by atoms with Gasteiger partial charge in [0, 0.05) is 17.8 Å². The molecule has 4 N–H and O–H groups in total. The number of nitrogens with one attached hydrogen (secondary N) is 1. The molecule has 0 fully saturated rings. The number of rotatable bonds is 5. The summed E-state index contributed by atoms with van der Waals surface area (Å²) in [4.78, 5) is 31.5. The van der Waals surface area contributed by atoms with E-state index in [1.165, 1.54) is 12.1 Å². The molecule has 0 heterocycles. The topological polar surface area (TPSA) is 150 Å². The van der Waals surface area contributed by atoms with E-state index in [0.717, 1.165) is 12.1 Å². The Morgan fingerprint density at radius 2 is 1.68 bits per heavy atom. The predicted molar refractivity (Wildman–Crippen MR) is 61.4 cm³/mol. The van der Waals surface area contributed by atoms with Crippen LogP contribution < -0.4 is 5.32 Å². The van der Waals surface area contributed by atoms with Gasteiger partial charge in [0.1, 0.15) is 0 Å². The molecule has 0 saturated heterocycles. The number of aliphatic hydroxyl groups excluding tert-OH is 2. The fourth-order valence-corrected chi connectivity index (χ4v) is 1.16. The number of aliphatic carboxylic acids is 1. The second-order valence-electron chi connectivity index (χ2n) is 3.52. The van der Waals surface area contributed by atoms with Crippen LogP contribution in [-0.4, -0.2) is 44.3 Å². The Bertz CT molecular complexity index is 499. The number of nitrogens with zero attached hydrogens (tertiary/aromatic N) is 1. The van der Waals surface area contributed by atoms with Crippen LogP contribution in [0.4, 0.5) is 11.4 Å². The van der Waals surface area contributed by atoms with Gasteiger partial charge in [-0.15, -0.1) is 0 Å². The largest absolute Gasteiger partial charge is 0.479 e. The number of non-ortho nitro benzene ring substituents is 1. The van der Waals surface area contributed by atoms with E-state index >= 15 is 0 Å². The first-order valence-electron chi connectivity index (χ1n) is 4.97. The van der Waals surface area contributed by atoms with Crippen LogP contribution in [0.15, 0.2) is 24.3 Å². The van der Waals surface area contributed by atoms with Crippen LogP contribution in [0.2, 0.25) is 0 Å². The molecule has 9 nitrogen and oxygen atoms in total. The number of anilines is 1. The molecule has 0 spiro atoms. The molecule has 0 aliphatic carbocycles. The molecule has 2 atom stereocenters. The lowest BCUT2D eigenvalue weighted by atomic mass is 10.2. The van der Waals surface area contributed by atoms with Crippen LogP contribution in [0.25, 0.3) is 0 Å². The zero-order valence-electron chi connectivity index (χ0n) is 9.39. The normalized spacial score (nSPS) is 13.4. The third-order valence-electron chi connectivity index (χ3n) is 2.17. The first-order valence-corrected chi connectivity index (χ1v) is 4.97. The highest BCUT2D eigenvalue weighted by Gasteiger charge is 2.30. The predicted octanol–water partition coefficient (Wildman–Crippen LogP) is -0.660. The molecule has 0 bridgehead atoms. The minimum atomic E-state index is -2.25. The van der Waals surface area contributed by atoms with Crippen LogP contribution in [-0.2, 0) is 9.59 Å². The van der Waals surface area contributed by atoms with Gasteiger partial charge in [-0.2, -0.15) is 0 Å². The van der Waals surface area contributed by atoms with Crippen LogP contribution in [0.1, 0.15) is 0 Å². The van der Waals surface area contributed by atoms with Crippen molar-refractivity contribution in [2.75, 3.05) is 5.32 Å². The van der Waals surface area contributed by atoms with Crippen LogP contribution in [0.5, 0.6) is 0 Å². The second kappa shape index (κ2) is 5.89. The fraction of sp³-hybridized carbons (Fsp3) is 0.200. The van der Waals surface area contributed by atoms with Crippen LogP contribution in [0.3, 0.4) is 0 Å². The monoisotopic (exact) mass is 270 g/mol. The van der Waals surface area contributed by atoms with Crippen molar-refractivity contribution >= 4 is 23.3 Å². The Kier molecular flexibility index (Phi) is 4.51. The summed E-state index contributed by atoms with van der Waals surface area (Å²) in [6, 6.07) is 4.65. The van der Waals surface area contributed by atoms with Gasteiger partial charge in [-0.25, -0.2) is 4.79 Å². The molecule has 0 radical (unpaired) electrons. The van der Waals surface area contributed by atoms with Crippen molar-refractivity contribution < 1.29 is 29.8 Å². The Morgan fingerprint density at radius 3 is 2.11 bits per heavy atom. The molecule has 1 aromatic rings. The number of nitro benzene ring substituents is 1. The first-order chi connectivity index (χ1) is 8.82. The highest BCUT2D eigenvalue weighted by molar-refractivity contribution is 5.97. The molecule has 1 rings (SSSR count). The number of nitro groups is 1. The highest BCUT2D eigenvalue weighted by Crippen LogP contribution is 2.15. The number of benzene rings is 1. The highest BCUT2D eigenvalue weighted by atomic mass is 16.6. The molecule has 9 heteroatoms. The summed E-state index contributed by atoms with van der Waals surface area (Å²) in [6.45, 7) is 0. The van der Waals surface area contributed by atoms with Crippen molar-refractivity contribution in [3.63, 3.8) is 0 Å². The zero-order chi connectivity index (χ0) is 14.6. The van der Waals surface area contributed by atoms with Gasteiger partial charge < -0.3 is 20.6 Å². The third-order valence-corrected chi connectivity index (χ3v) is 2.17. The average Bonchev–Trinajstić information content (AvgIpc) is 2.37. The van der Waals surface area contributed by atoms with E-state index in [2.05, 4.69) is 5.32 Å². The number of hydrogen-bond acceptors (Lipinski definition) is 6. The maximum absolute atomic E-state index is 11.4. The molecule has 0 aliphatic heterocycles. The minimum Gasteiger partial charge on any atom is -0.479 e.